The van der Waals surface area contributed by atoms with E-state index < -0.39 is 5.97 Å². The van der Waals surface area contributed by atoms with Gasteiger partial charge in [0.15, 0.2) is 0 Å². The molecular weight excluding hydrogens is 256 g/mol. The summed E-state index contributed by atoms with van der Waals surface area (Å²) in [6.45, 7) is 1.90. The fraction of sp³-hybridized carbons (Fsp3) is 0.133. The fourth-order valence-corrected chi connectivity index (χ4v) is 1.76. The van der Waals surface area contributed by atoms with Gasteiger partial charge in [-0.2, -0.15) is 0 Å². The number of nitrogens with zero attached hydrogens (tertiary/aromatic N) is 1. The van der Waals surface area contributed by atoms with E-state index in [1.54, 1.807) is 18.3 Å². The van der Waals surface area contributed by atoms with Gasteiger partial charge in [0.2, 0.25) is 5.91 Å². The second kappa shape index (κ2) is 5.97. The van der Waals surface area contributed by atoms with Gasteiger partial charge >= 0.3 is 5.97 Å². The first-order valence-corrected chi connectivity index (χ1v) is 6.10. The number of carboxylic acid groups (broad SMARTS) is 1. The van der Waals surface area contributed by atoms with Crippen LogP contribution in [0.3, 0.4) is 0 Å². The molecule has 0 fully saturated rings. The van der Waals surface area contributed by atoms with Gasteiger partial charge in [-0.15, -0.1) is 0 Å². The molecule has 0 bridgehead atoms. The Bertz CT molecular complexity index is 636. The number of anilines is 1. The summed E-state index contributed by atoms with van der Waals surface area (Å²) < 4.78 is 0. The number of aromatic nitrogens is 1. The molecule has 0 atom stereocenters. The molecule has 0 aliphatic carbocycles. The number of rotatable bonds is 4. The Morgan fingerprint density at radius 3 is 2.50 bits per heavy atom. The summed E-state index contributed by atoms with van der Waals surface area (Å²) >= 11 is 0. The number of aryl methyl sites for hydroxylation is 1. The van der Waals surface area contributed by atoms with Gasteiger partial charge in [0.1, 0.15) is 0 Å². The zero-order chi connectivity index (χ0) is 14.5. The Labute approximate surface area is 116 Å². The number of aromatic carboxylic acids is 1. The summed E-state index contributed by atoms with van der Waals surface area (Å²) in [5.41, 5.74) is 2.44. The Kier molecular flexibility index (Phi) is 4.10. The molecule has 0 radical (unpaired) electrons. The minimum absolute atomic E-state index is 0.184. The number of carbonyl (C=O) groups excluding carboxylic acids is 1. The van der Waals surface area contributed by atoms with Gasteiger partial charge in [-0.25, -0.2) is 4.79 Å². The highest BCUT2D eigenvalue weighted by atomic mass is 16.4. The van der Waals surface area contributed by atoms with Gasteiger partial charge in [0.25, 0.3) is 0 Å². The molecule has 20 heavy (non-hydrogen) atoms. The first kappa shape index (κ1) is 13.7. The van der Waals surface area contributed by atoms with E-state index in [4.69, 9.17) is 5.11 Å². The van der Waals surface area contributed by atoms with Crippen LogP contribution in [0, 0.1) is 6.92 Å². The summed E-state index contributed by atoms with van der Waals surface area (Å²) in [6, 6.07) is 9.74. The number of amides is 1. The number of hydrogen-bond donors (Lipinski definition) is 2. The molecule has 0 unspecified atom stereocenters. The number of benzene rings is 1. The van der Waals surface area contributed by atoms with E-state index in [2.05, 4.69) is 10.3 Å². The zero-order valence-corrected chi connectivity index (χ0v) is 11.0. The van der Waals surface area contributed by atoms with Crippen LogP contribution in [0.4, 0.5) is 5.69 Å². The van der Waals surface area contributed by atoms with Crippen molar-refractivity contribution in [2.75, 3.05) is 5.32 Å². The van der Waals surface area contributed by atoms with Crippen LogP contribution in [0.5, 0.6) is 0 Å². The highest BCUT2D eigenvalue weighted by Gasteiger charge is 2.08. The lowest BCUT2D eigenvalue weighted by Gasteiger charge is -2.06. The summed E-state index contributed by atoms with van der Waals surface area (Å²) in [6.07, 6.45) is 1.84. The van der Waals surface area contributed by atoms with Crippen molar-refractivity contribution in [2.24, 2.45) is 0 Å². The van der Waals surface area contributed by atoms with E-state index in [-0.39, 0.29) is 17.9 Å². The first-order valence-electron chi connectivity index (χ1n) is 6.10. The number of hydrogen-bond acceptors (Lipinski definition) is 3. The summed E-state index contributed by atoms with van der Waals surface area (Å²) in [5, 5.41) is 11.5. The second-order valence-electron chi connectivity index (χ2n) is 4.37. The third kappa shape index (κ3) is 3.41. The lowest BCUT2D eigenvalue weighted by atomic mass is 10.1. The smallest absolute Gasteiger partial charge is 0.335 e. The highest BCUT2D eigenvalue weighted by Crippen LogP contribution is 2.11. The predicted octanol–water partition coefficient (Wildman–Crippen LogP) is 2.27. The molecule has 2 rings (SSSR count). The number of carboxylic acids is 1. The molecule has 1 amide bonds. The maximum atomic E-state index is 11.9. The van der Waals surface area contributed by atoms with Crippen LogP contribution in [0.25, 0.3) is 0 Å². The van der Waals surface area contributed by atoms with Crippen molar-refractivity contribution in [2.45, 2.75) is 13.3 Å². The van der Waals surface area contributed by atoms with Crippen molar-refractivity contribution in [3.05, 3.63) is 59.4 Å². The van der Waals surface area contributed by atoms with Crippen molar-refractivity contribution < 1.29 is 14.7 Å². The third-order valence-corrected chi connectivity index (χ3v) is 2.86. The monoisotopic (exact) mass is 270 g/mol. The van der Waals surface area contributed by atoms with E-state index in [1.807, 2.05) is 19.1 Å². The normalized spacial score (nSPS) is 10.1. The summed E-state index contributed by atoms with van der Waals surface area (Å²) in [5.74, 6) is -1.18. The topological polar surface area (TPSA) is 79.3 Å². The van der Waals surface area contributed by atoms with Gasteiger partial charge < -0.3 is 10.4 Å². The van der Waals surface area contributed by atoms with E-state index in [0.717, 1.165) is 11.3 Å². The molecule has 0 saturated heterocycles. The Morgan fingerprint density at radius 1 is 1.20 bits per heavy atom. The maximum Gasteiger partial charge on any atom is 0.335 e. The van der Waals surface area contributed by atoms with Gasteiger partial charge in [0, 0.05) is 11.9 Å². The lowest BCUT2D eigenvalue weighted by molar-refractivity contribution is -0.115. The number of pyridine rings is 1. The van der Waals surface area contributed by atoms with Crippen LogP contribution in [0.2, 0.25) is 0 Å². The van der Waals surface area contributed by atoms with Crippen molar-refractivity contribution in [3.8, 4) is 0 Å². The molecule has 1 heterocycles. The number of nitrogens with one attached hydrogen (secondary N) is 1. The third-order valence-electron chi connectivity index (χ3n) is 2.86. The average Bonchev–Trinajstić information content (AvgIpc) is 2.42. The largest absolute Gasteiger partial charge is 0.478 e. The fourth-order valence-electron chi connectivity index (χ4n) is 1.76. The number of carbonyl (C=O) groups is 2. The molecule has 2 N–H and O–H groups in total. The average molecular weight is 270 g/mol. The summed E-state index contributed by atoms with van der Waals surface area (Å²) in [4.78, 5) is 26.8. The van der Waals surface area contributed by atoms with Crippen LogP contribution in [-0.4, -0.2) is 22.0 Å². The maximum absolute atomic E-state index is 11.9. The highest BCUT2D eigenvalue weighted by molar-refractivity contribution is 5.93. The van der Waals surface area contributed by atoms with E-state index in [9.17, 15) is 9.59 Å². The molecule has 5 nitrogen and oxygen atoms in total. The van der Waals surface area contributed by atoms with Gasteiger partial charge in [0.05, 0.1) is 17.7 Å². The molecule has 5 heteroatoms. The molecule has 0 saturated carbocycles. The van der Waals surface area contributed by atoms with Gasteiger partial charge in [-0.1, -0.05) is 6.07 Å². The SMILES string of the molecule is Cc1cccnc1CC(=O)Nc1ccc(C(=O)O)cc1. The summed E-state index contributed by atoms with van der Waals surface area (Å²) in [7, 11) is 0. The minimum Gasteiger partial charge on any atom is -0.478 e. The van der Waals surface area contributed by atoms with Gasteiger partial charge in [-0.3, -0.25) is 9.78 Å². The standard InChI is InChI=1S/C15H14N2O3/c1-10-3-2-8-16-13(10)9-14(18)17-12-6-4-11(5-7-12)15(19)20/h2-8H,9H2,1H3,(H,17,18)(H,19,20). The molecule has 0 spiro atoms. The predicted molar refractivity (Wildman–Crippen MR) is 74.7 cm³/mol. The molecule has 0 aliphatic rings. The zero-order valence-electron chi connectivity index (χ0n) is 11.0. The van der Waals surface area contributed by atoms with Crippen LogP contribution >= 0.6 is 0 Å². The Morgan fingerprint density at radius 2 is 1.90 bits per heavy atom. The van der Waals surface area contributed by atoms with Crippen molar-refractivity contribution in [3.63, 3.8) is 0 Å². The molecule has 102 valence electrons. The minimum atomic E-state index is -0.994. The van der Waals surface area contributed by atoms with E-state index in [0.29, 0.717) is 5.69 Å². The van der Waals surface area contributed by atoms with Crippen LogP contribution in [0.15, 0.2) is 42.6 Å². The van der Waals surface area contributed by atoms with Crippen LogP contribution < -0.4 is 5.32 Å². The van der Waals surface area contributed by atoms with Gasteiger partial charge in [-0.05, 0) is 42.8 Å². The van der Waals surface area contributed by atoms with Crippen molar-refractivity contribution in [1.29, 1.82) is 0 Å². The quantitative estimate of drug-likeness (QED) is 0.893. The molecule has 1 aromatic carbocycles. The molecule has 2 aromatic rings. The van der Waals surface area contributed by atoms with E-state index >= 15 is 0 Å². The second-order valence-corrected chi connectivity index (χ2v) is 4.37. The lowest BCUT2D eigenvalue weighted by Crippen LogP contribution is -2.16. The molecular formula is C15H14N2O3. The first-order chi connectivity index (χ1) is 9.56. The van der Waals surface area contributed by atoms with Crippen LogP contribution in [0.1, 0.15) is 21.6 Å². The van der Waals surface area contributed by atoms with Crippen molar-refractivity contribution in [1.82, 2.24) is 4.98 Å². The molecule has 1 aromatic heterocycles. The van der Waals surface area contributed by atoms with E-state index in [1.165, 1.54) is 12.1 Å². The van der Waals surface area contributed by atoms with Crippen molar-refractivity contribution >= 4 is 17.6 Å². The molecule has 0 aliphatic heterocycles. The Hall–Kier alpha value is -2.69. The van der Waals surface area contributed by atoms with Crippen LogP contribution in [-0.2, 0) is 11.2 Å². The Balaban J connectivity index is 2.01.